The highest BCUT2D eigenvalue weighted by Gasteiger charge is 2.17. The lowest BCUT2D eigenvalue weighted by Gasteiger charge is -2.10. The Balaban J connectivity index is 1.67. The molecule has 0 aliphatic carbocycles. The molecule has 0 spiro atoms. The molecule has 2 N–H and O–H groups in total. The summed E-state index contributed by atoms with van der Waals surface area (Å²) in [5, 5.41) is 18.6. The van der Waals surface area contributed by atoms with E-state index in [1.54, 1.807) is 29.1 Å². The number of amides is 1. The first-order chi connectivity index (χ1) is 11.5. The van der Waals surface area contributed by atoms with Gasteiger partial charge in [-0.15, -0.1) is 11.3 Å². The second-order valence-electron chi connectivity index (χ2n) is 6.15. The minimum atomic E-state index is -0.718. The number of aromatic nitrogens is 2. The van der Waals surface area contributed by atoms with Crippen LogP contribution in [0.15, 0.2) is 36.4 Å². The maximum Gasteiger partial charge on any atom is 0.269 e. The van der Waals surface area contributed by atoms with Crippen molar-refractivity contribution in [3.8, 4) is 0 Å². The number of carbonyl (C=O) groups is 1. The molecule has 3 aromatic rings. The highest BCUT2D eigenvalue weighted by molar-refractivity contribution is 7.19. The van der Waals surface area contributed by atoms with Gasteiger partial charge in [0.25, 0.3) is 5.91 Å². The van der Waals surface area contributed by atoms with Gasteiger partial charge in [-0.1, -0.05) is 32.0 Å². The summed E-state index contributed by atoms with van der Waals surface area (Å²) in [6, 6.07) is 11.8. The molecule has 0 aliphatic rings. The van der Waals surface area contributed by atoms with E-state index >= 15 is 0 Å². The Hall–Kier alpha value is -2.18. The Labute approximate surface area is 144 Å². The fourth-order valence-corrected chi connectivity index (χ4v) is 3.58. The van der Waals surface area contributed by atoms with Crippen LogP contribution in [0.5, 0.6) is 0 Å². The third-order valence-corrected chi connectivity index (χ3v) is 5.17. The number of carbonyl (C=O) groups excluding carboxylic acids is 1. The molecule has 1 atom stereocenters. The standard InChI is InChI=1S/C18H21N3O2S/c1-11(2)13-9-14(21(3)20-13)18(23)19-10-15(22)17-8-12-6-4-5-7-16(12)24-17/h4-9,11,15,22H,10H2,1-3H3,(H,19,23)/t15-/m0/s1. The van der Waals surface area contributed by atoms with Gasteiger partial charge in [-0.25, -0.2) is 0 Å². The van der Waals surface area contributed by atoms with E-state index in [9.17, 15) is 9.90 Å². The van der Waals surface area contributed by atoms with Crippen LogP contribution < -0.4 is 5.32 Å². The third-order valence-electron chi connectivity index (χ3n) is 3.95. The van der Waals surface area contributed by atoms with Crippen LogP contribution in [0.25, 0.3) is 10.1 Å². The van der Waals surface area contributed by atoms with Gasteiger partial charge in [0.05, 0.1) is 5.69 Å². The van der Waals surface area contributed by atoms with Crippen LogP contribution in [0.4, 0.5) is 0 Å². The van der Waals surface area contributed by atoms with Gasteiger partial charge in [-0.05, 0) is 29.5 Å². The van der Waals surface area contributed by atoms with E-state index in [1.165, 1.54) is 0 Å². The molecule has 0 aliphatic heterocycles. The Morgan fingerprint density at radius 3 is 2.75 bits per heavy atom. The minimum Gasteiger partial charge on any atom is -0.386 e. The van der Waals surface area contributed by atoms with E-state index < -0.39 is 6.10 Å². The summed E-state index contributed by atoms with van der Waals surface area (Å²) in [5.41, 5.74) is 1.38. The number of rotatable bonds is 5. The number of thiophene rings is 1. The number of benzene rings is 1. The zero-order valence-corrected chi connectivity index (χ0v) is 14.8. The van der Waals surface area contributed by atoms with Gasteiger partial charge in [0, 0.05) is 23.2 Å². The number of fused-ring (bicyclic) bond motifs is 1. The monoisotopic (exact) mass is 343 g/mol. The van der Waals surface area contributed by atoms with Crippen molar-refractivity contribution in [3.63, 3.8) is 0 Å². The summed E-state index contributed by atoms with van der Waals surface area (Å²) >= 11 is 1.55. The molecule has 2 aromatic heterocycles. The summed E-state index contributed by atoms with van der Waals surface area (Å²) in [5.74, 6) is 0.0407. The van der Waals surface area contributed by atoms with Crippen molar-refractivity contribution < 1.29 is 9.90 Å². The Kier molecular flexibility index (Phi) is 4.69. The molecule has 0 radical (unpaired) electrons. The topological polar surface area (TPSA) is 67.2 Å². The van der Waals surface area contributed by atoms with Gasteiger partial charge < -0.3 is 10.4 Å². The van der Waals surface area contributed by atoms with Crippen molar-refractivity contribution in [1.82, 2.24) is 15.1 Å². The maximum atomic E-state index is 12.3. The average molecular weight is 343 g/mol. The summed E-state index contributed by atoms with van der Waals surface area (Å²) in [6.45, 7) is 4.25. The van der Waals surface area contributed by atoms with Crippen molar-refractivity contribution in [2.75, 3.05) is 6.54 Å². The number of hydrogen-bond donors (Lipinski definition) is 2. The van der Waals surface area contributed by atoms with Crippen LogP contribution in [0, 0.1) is 0 Å². The van der Waals surface area contributed by atoms with E-state index in [0.717, 1.165) is 20.7 Å². The SMILES string of the molecule is CC(C)c1cc(C(=O)NC[C@H](O)c2cc3ccccc3s2)n(C)n1. The van der Waals surface area contributed by atoms with Crippen molar-refractivity contribution in [1.29, 1.82) is 0 Å². The van der Waals surface area contributed by atoms with Crippen molar-refractivity contribution in [3.05, 3.63) is 52.7 Å². The smallest absolute Gasteiger partial charge is 0.269 e. The number of aliphatic hydroxyl groups is 1. The molecule has 24 heavy (non-hydrogen) atoms. The molecule has 126 valence electrons. The minimum absolute atomic E-state index is 0.174. The highest BCUT2D eigenvalue weighted by atomic mass is 32.1. The molecule has 6 heteroatoms. The molecule has 1 amide bonds. The van der Waals surface area contributed by atoms with Crippen molar-refractivity contribution >= 4 is 27.3 Å². The Bertz CT molecular complexity index is 833. The van der Waals surface area contributed by atoms with E-state index in [4.69, 9.17) is 0 Å². The molecular weight excluding hydrogens is 322 g/mol. The predicted octanol–water partition coefficient (Wildman–Crippen LogP) is 3.22. The largest absolute Gasteiger partial charge is 0.386 e. The van der Waals surface area contributed by atoms with Gasteiger partial charge >= 0.3 is 0 Å². The molecule has 1 aromatic carbocycles. The number of nitrogens with zero attached hydrogens (tertiary/aromatic N) is 2. The average Bonchev–Trinajstić information content (AvgIpc) is 3.15. The summed E-state index contributed by atoms with van der Waals surface area (Å²) in [6.07, 6.45) is -0.718. The van der Waals surface area contributed by atoms with Gasteiger partial charge in [0.2, 0.25) is 0 Å². The predicted molar refractivity (Wildman–Crippen MR) is 96.4 cm³/mol. The van der Waals surface area contributed by atoms with Crippen LogP contribution in [-0.4, -0.2) is 27.3 Å². The first-order valence-electron chi connectivity index (χ1n) is 7.94. The maximum absolute atomic E-state index is 12.3. The Morgan fingerprint density at radius 1 is 1.33 bits per heavy atom. The second kappa shape index (κ2) is 6.75. The zero-order valence-electron chi connectivity index (χ0n) is 14.0. The lowest BCUT2D eigenvalue weighted by molar-refractivity contribution is 0.0908. The molecular formula is C18H21N3O2S. The lowest BCUT2D eigenvalue weighted by Crippen LogP contribution is -2.29. The fraction of sp³-hybridized carbons (Fsp3) is 0.333. The van der Waals surface area contributed by atoms with Gasteiger partial charge in [-0.3, -0.25) is 9.48 Å². The molecule has 0 fully saturated rings. The fourth-order valence-electron chi connectivity index (χ4n) is 2.53. The summed E-state index contributed by atoms with van der Waals surface area (Å²) in [7, 11) is 1.75. The number of hydrogen-bond acceptors (Lipinski definition) is 4. The van der Waals surface area contributed by atoms with Crippen LogP contribution in [0.1, 0.15) is 46.9 Å². The number of aliphatic hydroxyl groups excluding tert-OH is 1. The first kappa shape index (κ1) is 16.7. The Morgan fingerprint density at radius 2 is 2.08 bits per heavy atom. The second-order valence-corrected chi connectivity index (χ2v) is 7.26. The van der Waals surface area contributed by atoms with Gasteiger partial charge in [0.1, 0.15) is 11.8 Å². The van der Waals surface area contributed by atoms with Crippen LogP contribution in [0.3, 0.4) is 0 Å². The van der Waals surface area contributed by atoms with Gasteiger partial charge in [0.15, 0.2) is 0 Å². The number of nitrogens with one attached hydrogen (secondary N) is 1. The van der Waals surface area contributed by atoms with E-state index in [2.05, 4.69) is 10.4 Å². The molecule has 0 saturated heterocycles. The van der Waals surface area contributed by atoms with Crippen molar-refractivity contribution in [2.45, 2.75) is 25.9 Å². The molecule has 0 unspecified atom stereocenters. The normalized spacial score (nSPS) is 12.7. The van der Waals surface area contributed by atoms with Gasteiger partial charge in [-0.2, -0.15) is 5.10 Å². The molecule has 3 rings (SSSR count). The van der Waals surface area contributed by atoms with Crippen molar-refractivity contribution in [2.24, 2.45) is 7.05 Å². The van der Waals surface area contributed by atoms with Crippen LogP contribution >= 0.6 is 11.3 Å². The molecule has 2 heterocycles. The molecule has 5 nitrogen and oxygen atoms in total. The lowest BCUT2D eigenvalue weighted by atomic mass is 10.1. The highest BCUT2D eigenvalue weighted by Crippen LogP contribution is 2.29. The first-order valence-corrected chi connectivity index (χ1v) is 8.76. The summed E-state index contributed by atoms with van der Waals surface area (Å²) in [4.78, 5) is 13.2. The number of aryl methyl sites for hydroxylation is 1. The molecule has 0 bridgehead atoms. The van der Waals surface area contributed by atoms with E-state index in [-0.39, 0.29) is 18.4 Å². The zero-order chi connectivity index (χ0) is 17.3. The van der Waals surface area contributed by atoms with E-state index in [0.29, 0.717) is 5.69 Å². The van der Waals surface area contributed by atoms with Crippen LogP contribution in [-0.2, 0) is 7.05 Å². The third kappa shape index (κ3) is 3.34. The quantitative estimate of drug-likeness (QED) is 0.747. The van der Waals surface area contributed by atoms with Crippen LogP contribution in [0.2, 0.25) is 0 Å². The van der Waals surface area contributed by atoms with E-state index in [1.807, 2.05) is 44.2 Å². The summed E-state index contributed by atoms with van der Waals surface area (Å²) < 4.78 is 2.71. The molecule has 0 saturated carbocycles.